The van der Waals surface area contributed by atoms with Crippen LogP contribution < -0.4 is 11.3 Å². The fourth-order valence-electron chi connectivity index (χ4n) is 3.06. The third-order valence-corrected chi connectivity index (χ3v) is 4.12. The van der Waals surface area contributed by atoms with Gasteiger partial charge in [-0.25, -0.2) is 0 Å². The number of hydrogen-bond donors (Lipinski definition) is 1. The van der Waals surface area contributed by atoms with E-state index in [9.17, 15) is 4.79 Å². The van der Waals surface area contributed by atoms with Gasteiger partial charge in [0.25, 0.3) is 5.56 Å². The Labute approximate surface area is 115 Å². The predicted molar refractivity (Wildman–Crippen MR) is 79.4 cm³/mol. The second-order valence-electron chi connectivity index (χ2n) is 6.66. The van der Waals surface area contributed by atoms with Crippen LogP contribution in [0.3, 0.4) is 0 Å². The maximum Gasteiger partial charge on any atom is 0.255 e. The van der Waals surface area contributed by atoms with E-state index in [1.807, 2.05) is 10.6 Å². The lowest BCUT2D eigenvalue weighted by atomic mass is 9.88. The summed E-state index contributed by atoms with van der Waals surface area (Å²) in [7, 11) is 0. The van der Waals surface area contributed by atoms with E-state index in [0.717, 1.165) is 24.1 Å². The summed E-state index contributed by atoms with van der Waals surface area (Å²) in [5.41, 5.74) is 7.69. The summed E-state index contributed by atoms with van der Waals surface area (Å²) in [6, 6.07) is 4.36. The van der Waals surface area contributed by atoms with E-state index in [1.54, 1.807) is 0 Å². The fourth-order valence-corrected chi connectivity index (χ4v) is 3.06. The Bertz CT molecular complexity index is 490. The van der Waals surface area contributed by atoms with Crippen molar-refractivity contribution in [3.8, 4) is 0 Å². The number of hydrogen-bond acceptors (Lipinski definition) is 2. The van der Waals surface area contributed by atoms with Crippen LogP contribution in [-0.2, 0) is 12.0 Å². The molecule has 2 rings (SSSR count). The van der Waals surface area contributed by atoms with E-state index in [0.29, 0.717) is 12.6 Å². The lowest BCUT2D eigenvalue weighted by molar-refractivity contribution is 0.324. The van der Waals surface area contributed by atoms with Gasteiger partial charge >= 0.3 is 0 Å². The molecule has 1 aliphatic carbocycles. The van der Waals surface area contributed by atoms with Gasteiger partial charge in [-0.05, 0) is 18.9 Å². The third-order valence-electron chi connectivity index (χ3n) is 4.12. The number of nitrogens with two attached hydrogens (primary N) is 1. The lowest BCUT2D eigenvalue weighted by Gasteiger charge is -2.32. The van der Waals surface area contributed by atoms with Crippen LogP contribution in [0.5, 0.6) is 0 Å². The average molecular weight is 262 g/mol. The highest BCUT2D eigenvalue weighted by atomic mass is 16.1. The van der Waals surface area contributed by atoms with Gasteiger partial charge in [0.2, 0.25) is 0 Å². The van der Waals surface area contributed by atoms with Crippen LogP contribution in [0.4, 0.5) is 0 Å². The first-order chi connectivity index (χ1) is 8.95. The van der Waals surface area contributed by atoms with Crippen molar-refractivity contribution in [3.63, 3.8) is 0 Å². The molecule has 19 heavy (non-hydrogen) atoms. The molecule has 1 fully saturated rings. The first-order valence-corrected chi connectivity index (χ1v) is 7.40. The van der Waals surface area contributed by atoms with Crippen LogP contribution in [0, 0.1) is 0 Å². The Hall–Kier alpha value is -1.09. The summed E-state index contributed by atoms with van der Waals surface area (Å²) < 4.78 is 2.04. The first-order valence-electron chi connectivity index (χ1n) is 7.40. The Morgan fingerprint density at radius 3 is 2.37 bits per heavy atom. The van der Waals surface area contributed by atoms with Gasteiger partial charge in [0, 0.05) is 29.3 Å². The van der Waals surface area contributed by atoms with Crippen LogP contribution in [0.25, 0.3) is 0 Å². The molecule has 0 saturated heterocycles. The van der Waals surface area contributed by atoms with Crippen LogP contribution >= 0.6 is 0 Å². The summed E-state index contributed by atoms with van der Waals surface area (Å²) in [6.45, 7) is 6.84. The molecule has 0 unspecified atom stereocenters. The number of rotatable bonds is 2. The highest BCUT2D eigenvalue weighted by molar-refractivity contribution is 5.22. The minimum Gasteiger partial charge on any atom is -0.326 e. The third kappa shape index (κ3) is 2.92. The highest BCUT2D eigenvalue weighted by Crippen LogP contribution is 2.31. The molecule has 0 aliphatic heterocycles. The van der Waals surface area contributed by atoms with Crippen LogP contribution in [0.1, 0.15) is 70.2 Å². The molecule has 3 heteroatoms. The molecule has 0 bridgehead atoms. The highest BCUT2D eigenvalue weighted by Gasteiger charge is 2.25. The van der Waals surface area contributed by atoms with Gasteiger partial charge in [-0.1, -0.05) is 46.1 Å². The molecular formula is C16H26N2O. The maximum absolute atomic E-state index is 12.6. The van der Waals surface area contributed by atoms with E-state index in [1.165, 1.54) is 19.3 Å². The van der Waals surface area contributed by atoms with Crippen molar-refractivity contribution < 1.29 is 0 Å². The van der Waals surface area contributed by atoms with Gasteiger partial charge in [0.05, 0.1) is 0 Å². The smallest absolute Gasteiger partial charge is 0.255 e. The standard InChI is InChI=1S/C16H26N2O/c1-16(2,3)14-10-9-12(11-17)15(19)18(14)13-7-5-4-6-8-13/h9-10,13H,4-8,11,17H2,1-3H3. The number of pyridine rings is 1. The zero-order chi connectivity index (χ0) is 14.0. The first kappa shape index (κ1) is 14.3. The minimum absolute atomic E-state index is 0.0102. The van der Waals surface area contributed by atoms with Crippen molar-refractivity contribution >= 4 is 0 Å². The molecule has 0 radical (unpaired) electrons. The summed E-state index contributed by atoms with van der Waals surface area (Å²) >= 11 is 0. The summed E-state index contributed by atoms with van der Waals surface area (Å²) in [6.07, 6.45) is 6.00. The van der Waals surface area contributed by atoms with E-state index < -0.39 is 0 Å². The molecule has 0 amide bonds. The minimum atomic E-state index is -0.0102. The van der Waals surface area contributed by atoms with Crippen molar-refractivity contribution in [2.45, 2.75) is 70.9 Å². The van der Waals surface area contributed by atoms with Crippen molar-refractivity contribution in [2.75, 3.05) is 0 Å². The van der Waals surface area contributed by atoms with Gasteiger partial charge in [0.1, 0.15) is 0 Å². The van der Waals surface area contributed by atoms with Gasteiger partial charge in [-0.3, -0.25) is 4.79 Å². The zero-order valence-electron chi connectivity index (χ0n) is 12.4. The van der Waals surface area contributed by atoms with E-state index in [4.69, 9.17) is 5.73 Å². The second kappa shape index (κ2) is 5.49. The fraction of sp³-hybridized carbons (Fsp3) is 0.688. The molecule has 0 atom stereocenters. The van der Waals surface area contributed by atoms with Crippen molar-refractivity contribution in [3.05, 3.63) is 33.7 Å². The lowest BCUT2D eigenvalue weighted by Crippen LogP contribution is -2.35. The largest absolute Gasteiger partial charge is 0.326 e. The van der Waals surface area contributed by atoms with Gasteiger partial charge in [-0.2, -0.15) is 0 Å². The quantitative estimate of drug-likeness (QED) is 0.890. The molecule has 1 aromatic rings. The normalized spacial score (nSPS) is 17.7. The monoisotopic (exact) mass is 262 g/mol. The van der Waals surface area contributed by atoms with Crippen molar-refractivity contribution in [1.29, 1.82) is 0 Å². The summed E-state index contributed by atoms with van der Waals surface area (Å²) in [4.78, 5) is 12.6. The molecule has 106 valence electrons. The van der Waals surface area contributed by atoms with Gasteiger partial charge < -0.3 is 10.3 Å². The van der Waals surface area contributed by atoms with Gasteiger partial charge in [0.15, 0.2) is 0 Å². The Morgan fingerprint density at radius 1 is 1.21 bits per heavy atom. The Morgan fingerprint density at radius 2 is 1.84 bits per heavy atom. The number of aromatic nitrogens is 1. The zero-order valence-corrected chi connectivity index (χ0v) is 12.4. The summed E-state index contributed by atoms with van der Waals surface area (Å²) in [5.74, 6) is 0. The SMILES string of the molecule is CC(C)(C)c1ccc(CN)c(=O)n1C1CCCCC1. The molecule has 1 saturated carbocycles. The molecular weight excluding hydrogens is 236 g/mol. The van der Waals surface area contributed by atoms with Crippen LogP contribution in [0.2, 0.25) is 0 Å². The van der Waals surface area contributed by atoms with E-state index >= 15 is 0 Å². The van der Waals surface area contributed by atoms with Crippen molar-refractivity contribution in [1.82, 2.24) is 4.57 Å². The molecule has 3 nitrogen and oxygen atoms in total. The summed E-state index contributed by atoms with van der Waals surface area (Å²) in [5, 5.41) is 0. The molecule has 1 heterocycles. The molecule has 0 aromatic carbocycles. The van der Waals surface area contributed by atoms with Gasteiger partial charge in [-0.15, -0.1) is 0 Å². The van der Waals surface area contributed by atoms with Crippen LogP contribution in [-0.4, -0.2) is 4.57 Å². The Balaban J connectivity index is 2.56. The van der Waals surface area contributed by atoms with Crippen molar-refractivity contribution in [2.24, 2.45) is 5.73 Å². The maximum atomic E-state index is 12.6. The molecule has 2 N–H and O–H groups in total. The average Bonchev–Trinajstić information content (AvgIpc) is 2.38. The number of nitrogens with zero attached hydrogens (tertiary/aromatic N) is 1. The topological polar surface area (TPSA) is 48.0 Å². The molecule has 1 aliphatic rings. The van der Waals surface area contributed by atoms with E-state index in [2.05, 4.69) is 26.8 Å². The van der Waals surface area contributed by atoms with Crippen LogP contribution in [0.15, 0.2) is 16.9 Å². The molecule has 0 spiro atoms. The Kier molecular flexibility index (Phi) is 4.14. The molecule has 1 aromatic heterocycles. The predicted octanol–water partition coefficient (Wildman–Crippen LogP) is 3.11. The second-order valence-corrected chi connectivity index (χ2v) is 6.66. The van der Waals surface area contributed by atoms with E-state index in [-0.39, 0.29) is 11.0 Å².